The summed E-state index contributed by atoms with van der Waals surface area (Å²) in [6, 6.07) is 3.25. The number of hydrogen-bond acceptors (Lipinski definition) is 4. The van der Waals surface area contributed by atoms with Gasteiger partial charge in [-0.1, -0.05) is 6.07 Å². The lowest BCUT2D eigenvalue weighted by Crippen LogP contribution is -2.35. The molecule has 0 saturated carbocycles. The van der Waals surface area contributed by atoms with Crippen molar-refractivity contribution in [3.8, 4) is 0 Å². The summed E-state index contributed by atoms with van der Waals surface area (Å²) in [5.41, 5.74) is -0.506. The lowest BCUT2D eigenvalue weighted by atomic mass is 10.3. The molecule has 1 amide bonds. The molecular weight excluding hydrogens is 292 g/mol. The van der Waals surface area contributed by atoms with Crippen LogP contribution in [0.3, 0.4) is 0 Å². The van der Waals surface area contributed by atoms with Gasteiger partial charge in [-0.2, -0.15) is 0 Å². The number of rotatable bonds is 7. The summed E-state index contributed by atoms with van der Waals surface area (Å²) in [5, 5.41) is 4.73. The molecule has 3 N–H and O–H groups in total. The molecule has 0 spiro atoms. The molecule has 20 heavy (non-hydrogen) atoms. The number of halogens is 2. The minimum absolute atomic E-state index is 0.111. The standard InChI is InChI=1S/C11H15F2N3O3S/c1-20(18,19)15-6-5-14-7-10(17)16-11-8(12)3-2-4-9(11)13/h2-4,14-15H,5-7H2,1H3,(H,16,17). The normalized spacial score (nSPS) is 11.3. The monoisotopic (exact) mass is 307 g/mol. The van der Waals surface area contributed by atoms with Crippen LogP contribution >= 0.6 is 0 Å². The Balaban J connectivity index is 2.34. The van der Waals surface area contributed by atoms with Gasteiger partial charge in [-0.25, -0.2) is 21.9 Å². The van der Waals surface area contributed by atoms with Crippen LogP contribution in [0.4, 0.5) is 14.5 Å². The maximum Gasteiger partial charge on any atom is 0.238 e. The molecule has 112 valence electrons. The van der Waals surface area contributed by atoms with Gasteiger partial charge in [0.1, 0.15) is 17.3 Å². The topological polar surface area (TPSA) is 87.3 Å². The molecule has 0 bridgehead atoms. The van der Waals surface area contributed by atoms with Crippen molar-refractivity contribution >= 4 is 21.6 Å². The second kappa shape index (κ2) is 7.27. The van der Waals surface area contributed by atoms with Gasteiger partial charge >= 0.3 is 0 Å². The fraction of sp³-hybridized carbons (Fsp3) is 0.364. The molecule has 0 aliphatic rings. The molecule has 0 unspecified atom stereocenters. The zero-order valence-electron chi connectivity index (χ0n) is 10.7. The van der Waals surface area contributed by atoms with E-state index in [0.717, 1.165) is 18.4 Å². The first-order valence-corrected chi connectivity index (χ1v) is 7.58. The Bertz CT molecular complexity index is 558. The van der Waals surface area contributed by atoms with Gasteiger partial charge < -0.3 is 10.6 Å². The van der Waals surface area contributed by atoms with Gasteiger partial charge in [-0.15, -0.1) is 0 Å². The maximum atomic E-state index is 13.2. The highest BCUT2D eigenvalue weighted by Crippen LogP contribution is 2.17. The van der Waals surface area contributed by atoms with Crippen molar-refractivity contribution in [2.75, 3.05) is 31.2 Å². The molecule has 1 aromatic carbocycles. The largest absolute Gasteiger partial charge is 0.320 e. The van der Waals surface area contributed by atoms with Crippen molar-refractivity contribution in [1.82, 2.24) is 10.0 Å². The third kappa shape index (κ3) is 6.04. The molecule has 0 aromatic heterocycles. The van der Waals surface area contributed by atoms with E-state index in [4.69, 9.17) is 0 Å². The average molecular weight is 307 g/mol. The van der Waals surface area contributed by atoms with Crippen LogP contribution in [0.25, 0.3) is 0 Å². The first-order valence-electron chi connectivity index (χ1n) is 5.69. The second-order valence-corrected chi connectivity index (χ2v) is 5.82. The molecule has 1 rings (SSSR count). The van der Waals surface area contributed by atoms with E-state index < -0.39 is 33.3 Å². The van der Waals surface area contributed by atoms with Crippen LogP contribution in [0.15, 0.2) is 18.2 Å². The predicted octanol–water partition coefficient (Wildman–Crippen LogP) is 0.0421. The molecule has 9 heteroatoms. The summed E-state index contributed by atoms with van der Waals surface area (Å²) < 4.78 is 50.2. The molecule has 0 heterocycles. The Hall–Kier alpha value is -1.58. The smallest absolute Gasteiger partial charge is 0.238 e. The van der Waals surface area contributed by atoms with E-state index in [-0.39, 0.29) is 19.6 Å². The van der Waals surface area contributed by atoms with Crippen molar-refractivity contribution in [1.29, 1.82) is 0 Å². The van der Waals surface area contributed by atoms with Crippen LogP contribution < -0.4 is 15.4 Å². The van der Waals surface area contributed by atoms with Crippen LogP contribution in [0.2, 0.25) is 0 Å². The highest BCUT2D eigenvalue weighted by Gasteiger charge is 2.11. The first kappa shape index (κ1) is 16.5. The summed E-state index contributed by atoms with van der Waals surface area (Å²) in [5.74, 6) is -2.36. The number of para-hydroxylation sites is 1. The van der Waals surface area contributed by atoms with Gasteiger partial charge in [-0.3, -0.25) is 4.79 Å². The zero-order valence-corrected chi connectivity index (χ0v) is 11.6. The van der Waals surface area contributed by atoms with E-state index in [1.54, 1.807) is 0 Å². The third-order valence-electron chi connectivity index (χ3n) is 2.18. The molecular formula is C11H15F2N3O3S. The van der Waals surface area contributed by atoms with Gasteiger partial charge in [0.25, 0.3) is 0 Å². The van der Waals surface area contributed by atoms with Gasteiger partial charge in [0.05, 0.1) is 12.8 Å². The summed E-state index contributed by atoms with van der Waals surface area (Å²) in [6.45, 7) is 0.125. The SMILES string of the molecule is CS(=O)(=O)NCCNCC(=O)Nc1c(F)cccc1F. The Labute approximate surface area is 115 Å². The van der Waals surface area contributed by atoms with E-state index in [9.17, 15) is 22.0 Å². The number of anilines is 1. The van der Waals surface area contributed by atoms with E-state index in [0.29, 0.717) is 0 Å². The third-order valence-corrected chi connectivity index (χ3v) is 2.91. The van der Waals surface area contributed by atoms with Crippen molar-refractivity contribution < 1.29 is 22.0 Å². The van der Waals surface area contributed by atoms with Crippen LogP contribution in [-0.2, 0) is 14.8 Å². The van der Waals surface area contributed by atoms with Crippen LogP contribution in [0.1, 0.15) is 0 Å². The minimum atomic E-state index is -3.27. The number of sulfonamides is 1. The first-order chi connectivity index (χ1) is 9.29. The van der Waals surface area contributed by atoms with Crippen LogP contribution in [0, 0.1) is 11.6 Å². The second-order valence-electron chi connectivity index (χ2n) is 3.99. The number of carbonyl (C=O) groups is 1. The fourth-order valence-corrected chi connectivity index (χ4v) is 1.80. The van der Waals surface area contributed by atoms with Crippen molar-refractivity contribution in [2.24, 2.45) is 0 Å². The lowest BCUT2D eigenvalue weighted by Gasteiger charge is -2.08. The molecule has 0 aliphatic heterocycles. The maximum absolute atomic E-state index is 13.2. The highest BCUT2D eigenvalue weighted by molar-refractivity contribution is 7.88. The summed E-state index contributed by atoms with van der Waals surface area (Å²) >= 11 is 0. The van der Waals surface area contributed by atoms with Crippen LogP contribution in [-0.4, -0.2) is 40.2 Å². The van der Waals surface area contributed by atoms with Crippen LogP contribution in [0.5, 0.6) is 0 Å². The van der Waals surface area contributed by atoms with Gasteiger partial charge in [0.15, 0.2) is 0 Å². The number of amides is 1. The van der Waals surface area contributed by atoms with Gasteiger partial charge in [-0.05, 0) is 12.1 Å². The molecule has 0 fully saturated rings. The minimum Gasteiger partial charge on any atom is -0.320 e. The Morgan fingerprint density at radius 3 is 2.35 bits per heavy atom. The number of benzene rings is 1. The lowest BCUT2D eigenvalue weighted by molar-refractivity contribution is -0.115. The molecule has 0 atom stereocenters. The van der Waals surface area contributed by atoms with Gasteiger partial charge in [0, 0.05) is 13.1 Å². The van der Waals surface area contributed by atoms with E-state index in [1.165, 1.54) is 6.07 Å². The highest BCUT2D eigenvalue weighted by atomic mass is 32.2. The quantitative estimate of drug-likeness (QED) is 0.621. The van der Waals surface area contributed by atoms with E-state index in [2.05, 4.69) is 15.4 Å². The van der Waals surface area contributed by atoms with E-state index >= 15 is 0 Å². The zero-order chi connectivity index (χ0) is 15.2. The molecule has 0 aliphatic carbocycles. The van der Waals surface area contributed by atoms with Gasteiger partial charge in [0.2, 0.25) is 15.9 Å². The predicted molar refractivity (Wildman–Crippen MR) is 70.7 cm³/mol. The summed E-state index contributed by atoms with van der Waals surface area (Å²) in [4.78, 5) is 11.4. The van der Waals surface area contributed by atoms with E-state index in [1.807, 2.05) is 0 Å². The average Bonchev–Trinajstić information content (AvgIpc) is 2.32. The Morgan fingerprint density at radius 1 is 1.20 bits per heavy atom. The molecule has 6 nitrogen and oxygen atoms in total. The Morgan fingerprint density at radius 2 is 1.80 bits per heavy atom. The molecule has 0 radical (unpaired) electrons. The van der Waals surface area contributed by atoms with Crippen molar-refractivity contribution in [3.63, 3.8) is 0 Å². The molecule has 0 saturated heterocycles. The summed E-state index contributed by atoms with van der Waals surface area (Å²) in [6.07, 6.45) is 1.01. The fourth-order valence-electron chi connectivity index (χ4n) is 1.33. The number of carbonyl (C=O) groups excluding carboxylic acids is 1. The number of nitrogens with one attached hydrogen (secondary N) is 3. The summed E-state index contributed by atoms with van der Waals surface area (Å²) in [7, 11) is -3.27. The molecule has 1 aromatic rings. The number of hydrogen-bond donors (Lipinski definition) is 3. The Kier molecular flexibility index (Phi) is 5.99. The van der Waals surface area contributed by atoms with Crippen molar-refractivity contribution in [3.05, 3.63) is 29.8 Å². The van der Waals surface area contributed by atoms with Crippen molar-refractivity contribution in [2.45, 2.75) is 0 Å².